The van der Waals surface area contributed by atoms with Crippen molar-refractivity contribution in [3.8, 4) is 11.3 Å². The lowest BCUT2D eigenvalue weighted by molar-refractivity contribution is 0.0692. The average molecular weight is 244 g/mol. The van der Waals surface area contributed by atoms with Gasteiger partial charge in [-0.25, -0.2) is 9.78 Å². The zero-order valence-electron chi connectivity index (χ0n) is 11.0. The second-order valence-corrected chi connectivity index (χ2v) is 4.54. The molecule has 1 aromatic heterocycles. The molecule has 0 saturated carbocycles. The third-order valence-corrected chi connectivity index (χ3v) is 3.17. The van der Waals surface area contributed by atoms with E-state index in [4.69, 9.17) is 0 Å². The van der Waals surface area contributed by atoms with Crippen LogP contribution >= 0.6 is 0 Å². The molecule has 0 radical (unpaired) electrons. The molecule has 0 bridgehead atoms. The molecule has 2 aromatic rings. The van der Waals surface area contributed by atoms with Crippen molar-refractivity contribution in [1.29, 1.82) is 0 Å². The molecule has 18 heavy (non-hydrogen) atoms. The Hall–Kier alpha value is -2.10. The third-order valence-electron chi connectivity index (χ3n) is 3.17. The predicted octanol–water partition coefficient (Wildman–Crippen LogP) is 2.71. The molecule has 1 aromatic carbocycles. The first-order chi connectivity index (χ1) is 8.41. The Morgan fingerprint density at radius 3 is 2.56 bits per heavy atom. The molecule has 0 aliphatic heterocycles. The average Bonchev–Trinajstić information content (AvgIpc) is 2.60. The summed E-state index contributed by atoms with van der Waals surface area (Å²) in [6.07, 6.45) is 0. The Labute approximate surface area is 106 Å². The second-order valence-electron chi connectivity index (χ2n) is 4.54. The minimum Gasteiger partial charge on any atom is -0.476 e. The van der Waals surface area contributed by atoms with E-state index in [1.165, 1.54) is 0 Å². The maximum atomic E-state index is 11.3. The Bertz CT molecular complexity index is 627. The first kappa shape index (κ1) is 12.4. The van der Waals surface area contributed by atoms with E-state index in [2.05, 4.69) is 4.98 Å². The van der Waals surface area contributed by atoms with E-state index in [1.807, 2.05) is 43.7 Å². The van der Waals surface area contributed by atoms with Gasteiger partial charge in [0, 0.05) is 12.6 Å². The zero-order chi connectivity index (χ0) is 13.4. The summed E-state index contributed by atoms with van der Waals surface area (Å²) < 4.78 is 1.82. The number of aromatic nitrogens is 2. The number of rotatable bonds is 2. The van der Waals surface area contributed by atoms with Gasteiger partial charge < -0.3 is 9.67 Å². The van der Waals surface area contributed by atoms with Gasteiger partial charge in [-0.15, -0.1) is 0 Å². The highest BCUT2D eigenvalue weighted by Gasteiger charge is 2.20. The molecule has 4 nitrogen and oxygen atoms in total. The predicted molar refractivity (Wildman–Crippen MR) is 69.8 cm³/mol. The van der Waals surface area contributed by atoms with Gasteiger partial charge in [0.2, 0.25) is 0 Å². The van der Waals surface area contributed by atoms with E-state index in [0.29, 0.717) is 11.5 Å². The fourth-order valence-electron chi connectivity index (χ4n) is 2.06. The SMILES string of the molecule is Cc1ccc(C)c(-c2c(C(=O)O)nc(C)n2C)c1. The van der Waals surface area contributed by atoms with E-state index >= 15 is 0 Å². The summed E-state index contributed by atoms with van der Waals surface area (Å²) >= 11 is 0. The van der Waals surface area contributed by atoms with Crippen LogP contribution in [0.3, 0.4) is 0 Å². The van der Waals surface area contributed by atoms with E-state index in [1.54, 1.807) is 6.92 Å². The Morgan fingerprint density at radius 1 is 1.28 bits per heavy atom. The molecule has 0 spiro atoms. The van der Waals surface area contributed by atoms with Gasteiger partial charge in [0.25, 0.3) is 0 Å². The van der Waals surface area contributed by atoms with Crippen LogP contribution in [0.25, 0.3) is 11.3 Å². The number of benzene rings is 1. The van der Waals surface area contributed by atoms with Gasteiger partial charge in [-0.1, -0.05) is 17.7 Å². The summed E-state index contributed by atoms with van der Waals surface area (Å²) in [5, 5.41) is 9.25. The number of carboxylic acids is 1. The molecular weight excluding hydrogens is 228 g/mol. The van der Waals surface area contributed by atoms with Crippen molar-refractivity contribution >= 4 is 5.97 Å². The van der Waals surface area contributed by atoms with Gasteiger partial charge in [0.05, 0.1) is 5.69 Å². The maximum Gasteiger partial charge on any atom is 0.356 e. The summed E-state index contributed by atoms with van der Waals surface area (Å²) in [6.45, 7) is 5.77. The smallest absolute Gasteiger partial charge is 0.356 e. The Morgan fingerprint density at radius 2 is 1.94 bits per heavy atom. The fourth-order valence-corrected chi connectivity index (χ4v) is 2.06. The number of nitrogens with zero attached hydrogens (tertiary/aromatic N) is 2. The number of imidazole rings is 1. The second kappa shape index (κ2) is 4.29. The topological polar surface area (TPSA) is 55.1 Å². The van der Waals surface area contributed by atoms with Crippen molar-refractivity contribution in [3.63, 3.8) is 0 Å². The molecule has 2 rings (SSSR count). The summed E-state index contributed by atoms with van der Waals surface area (Å²) in [5.41, 5.74) is 3.86. The minimum atomic E-state index is -0.991. The third kappa shape index (κ3) is 1.90. The highest BCUT2D eigenvalue weighted by molar-refractivity contribution is 5.93. The van der Waals surface area contributed by atoms with Crippen LogP contribution in [0.2, 0.25) is 0 Å². The first-order valence-electron chi connectivity index (χ1n) is 5.76. The summed E-state index contributed by atoms with van der Waals surface area (Å²) in [5.74, 6) is -0.294. The van der Waals surface area contributed by atoms with E-state index in [9.17, 15) is 9.90 Å². The number of hydrogen-bond donors (Lipinski definition) is 1. The highest BCUT2D eigenvalue weighted by Crippen LogP contribution is 2.28. The zero-order valence-corrected chi connectivity index (χ0v) is 11.0. The van der Waals surface area contributed by atoms with Crippen molar-refractivity contribution < 1.29 is 9.90 Å². The molecule has 0 aliphatic rings. The molecule has 0 fully saturated rings. The lowest BCUT2D eigenvalue weighted by atomic mass is 10.0. The number of carbonyl (C=O) groups is 1. The van der Waals surface area contributed by atoms with Crippen LogP contribution in [-0.4, -0.2) is 20.6 Å². The lowest BCUT2D eigenvalue weighted by Gasteiger charge is -2.09. The van der Waals surface area contributed by atoms with Gasteiger partial charge in [0.15, 0.2) is 5.69 Å². The maximum absolute atomic E-state index is 11.3. The summed E-state index contributed by atoms with van der Waals surface area (Å²) in [4.78, 5) is 15.4. The van der Waals surface area contributed by atoms with E-state index in [0.717, 1.165) is 16.7 Å². The minimum absolute atomic E-state index is 0.115. The standard InChI is InChI=1S/C14H16N2O2/c1-8-5-6-9(2)11(7-8)13-12(14(17)18)15-10(3)16(13)4/h5-7H,1-4H3,(H,17,18). The molecule has 1 heterocycles. The number of aromatic carboxylic acids is 1. The van der Waals surface area contributed by atoms with Crippen LogP contribution in [0, 0.1) is 20.8 Å². The summed E-state index contributed by atoms with van der Waals surface area (Å²) in [7, 11) is 1.84. The van der Waals surface area contributed by atoms with Crippen molar-refractivity contribution in [2.45, 2.75) is 20.8 Å². The normalized spacial score (nSPS) is 10.7. The largest absolute Gasteiger partial charge is 0.476 e. The molecular formula is C14H16N2O2. The van der Waals surface area contributed by atoms with Gasteiger partial charge in [0.1, 0.15) is 5.82 Å². The quantitative estimate of drug-likeness (QED) is 0.883. The van der Waals surface area contributed by atoms with E-state index < -0.39 is 5.97 Å². The van der Waals surface area contributed by atoms with Crippen LogP contribution in [0.5, 0.6) is 0 Å². The van der Waals surface area contributed by atoms with Gasteiger partial charge in [-0.3, -0.25) is 0 Å². The molecule has 4 heteroatoms. The van der Waals surface area contributed by atoms with Crippen LogP contribution < -0.4 is 0 Å². The van der Waals surface area contributed by atoms with Gasteiger partial charge >= 0.3 is 5.97 Å². The number of aryl methyl sites for hydroxylation is 3. The van der Waals surface area contributed by atoms with Gasteiger partial charge in [-0.2, -0.15) is 0 Å². The van der Waals surface area contributed by atoms with Crippen LogP contribution in [0.1, 0.15) is 27.4 Å². The number of carboxylic acid groups (broad SMARTS) is 1. The molecule has 0 aliphatic carbocycles. The van der Waals surface area contributed by atoms with Crippen LogP contribution in [0.15, 0.2) is 18.2 Å². The molecule has 1 N–H and O–H groups in total. The monoisotopic (exact) mass is 244 g/mol. The summed E-state index contributed by atoms with van der Waals surface area (Å²) in [6, 6.07) is 6.01. The van der Waals surface area contributed by atoms with Crippen molar-refractivity contribution in [1.82, 2.24) is 9.55 Å². The molecule has 0 amide bonds. The molecule has 0 atom stereocenters. The fraction of sp³-hybridized carbons (Fsp3) is 0.286. The molecule has 0 unspecified atom stereocenters. The highest BCUT2D eigenvalue weighted by atomic mass is 16.4. The van der Waals surface area contributed by atoms with Crippen LogP contribution in [-0.2, 0) is 7.05 Å². The van der Waals surface area contributed by atoms with E-state index in [-0.39, 0.29) is 5.69 Å². The van der Waals surface area contributed by atoms with Gasteiger partial charge in [-0.05, 0) is 32.4 Å². The first-order valence-corrected chi connectivity index (χ1v) is 5.76. The number of hydrogen-bond acceptors (Lipinski definition) is 2. The van der Waals surface area contributed by atoms with Crippen molar-refractivity contribution in [2.75, 3.05) is 0 Å². The molecule has 0 saturated heterocycles. The Kier molecular flexibility index (Phi) is 2.95. The van der Waals surface area contributed by atoms with Crippen molar-refractivity contribution in [3.05, 3.63) is 40.8 Å². The molecule has 94 valence electrons. The Balaban J connectivity index is 2.77. The van der Waals surface area contributed by atoms with Crippen LogP contribution in [0.4, 0.5) is 0 Å². The lowest BCUT2D eigenvalue weighted by Crippen LogP contribution is -2.02. The van der Waals surface area contributed by atoms with Crippen molar-refractivity contribution in [2.24, 2.45) is 7.05 Å².